The monoisotopic (exact) mass is 385 g/mol. The second-order valence-electron chi connectivity index (χ2n) is 5.75. The Morgan fingerprint density at radius 2 is 1.78 bits per heavy atom. The molecule has 1 saturated heterocycles. The Bertz CT molecular complexity index is 636. The van der Waals surface area contributed by atoms with Crippen LogP contribution in [0.4, 0.5) is 4.79 Å². The summed E-state index contributed by atoms with van der Waals surface area (Å²) < 4.78 is 20.3. The summed E-state index contributed by atoms with van der Waals surface area (Å²) in [4.78, 5) is 22.8. The molecule has 0 bridgehead atoms. The van der Waals surface area contributed by atoms with E-state index in [9.17, 15) is 24.9 Å². The predicted molar refractivity (Wildman–Crippen MR) is 90.1 cm³/mol. The van der Waals surface area contributed by atoms with Crippen molar-refractivity contribution in [2.45, 2.75) is 37.6 Å². The molecule has 27 heavy (non-hydrogen) atoms. The van der Waals surface area contributed by atoms with Gasteiger partial charge < -0.3 is 39.6 Å². The van der Waals surface area contributed by atoms with Gasteiger partial charge >= 0.3 is 12.1 Å². The Hall–Kier alpha value is -2.40. The molecule has 10 heteroatoms. The van der Waals surface area contributed by atoms with Gasteiger partial charge in [0.2, 0.25) is 6.29 Å². The quantitative estimate of drug-likeness (QED) is 0.472. The van der Waals surface area contributed by atoms with E-state index in [1.165, 1.54) is 31.4 Å². The molecule has 2 rings (SSSR count). The maximum absolute atomic E-state index is 11.4. The predicted octanol–water partition coefficient (Wildman–Crippen LogP) is -0.594. The van der Waals surface area contributed by atoms with Crippen LogP contribution in [0.15, 0.2) is 24.3 Å². The minimum atomic E-state index is -1.55. The molecule has 1 fully saturated rings. The number of hydrogen-bond acceptors (Lipinski definition) is 9. The van der Waals surface area contributed by atoms with Crippen molar-refractivity contribution in [1.82, 2.24) is 5.32 Å². The second-order valence-corrected chi connectivity index (χ2v) is 5.75. The molecule has 1 aromatic carbocycles. The second kappa shape index (κ2) is 9.51. The van der Waals surface area contributed by atoms with Gasteiger partial charge in [-0.15, -0.1) is 0 Å². The van der Waals surface area contributed by atoms with E-state index >= 15 is 0 Å². The third-order valence-electron chi connectivity index (χ3n) is 3.92. The van der Waals surface area contributed by atoms with Crippen molar-refractivity contribution in [1.29, 1.82) is 0 Å². The van der Waals surface area contributed by atoms with E-state index in [0.717, 1.165) is 0 Å². The van der Waals surface area contributed by atoms with Crippen molar-refractivity contribution in [2.24, 2.45) is 0 Å². The molecule has 0 unspecified atom stereocenters. The summed E-state index contributed by atoms with van der Waals surface area (Å²) in [6, 6.07) is 5.85. The van der Waals surface area contributed by atoms with Crippen LogP contribution in [0.3, 0.4) is 0 Å². The molecule has 1 heterocycles. The van der Waals surface area contributed by atoms with Gasteiger partial charge in [-0.3, -0.25) is 0 Å². The number of ether oxygens (including phenoxy) is 4. The van der Waals surface area contributed by atoms with Crippen LogP contribution in [0.5, 0.6) is 5.75 Å². The van der Waals surface area contributed by atoms with Crippen molar-refractivity contribution in [3.8, 4) is 5.75 Å². The number of nitrogens with one attached hydrogen (secondary N) is 1. The number of methoxy groups -OCH3 is 1. The highest BCUT2D eigenvalue weighted by Gasteiger charge is 2.45. The number of esters is 1. The molecule has 0 aromatic heterocycles. The number of benzene rings is 1. The molecule has 1 aliphatic heterocycles. The summed E-state index contributed by atoms with van der Waals surface area (Å²) >= 11 is 0. The van der Waals surface area contributed by atoms with Crippen molar-refractivity contribution >= 4 is 12.1 Å². The largest absolute Gasteiger partial charge is 0.465 e. The number of aliphatic hydroxyl groups is 3. The summed E-state index contributed by atoms with van der Waals surface area (Å²) in [6.45, 7) is 1.65. The van der Waals surface area contributed by atoms with E-state index < -0.39 is 42.8 Å². The van der Waals surface area contributed by atoms with E-state index in [4.69, 9.17) is 14.2 Å². The van der Waals surface area contributed by atoms with Gasteiger partial charge in [0.1, 0.15) is 30.2 Å². The van der Waals surface area contributed by atoms with Crippen LogP contribution in [-0.2, 0) is 14.2 Å². The molecular formula is C17H23NO9. The van der Waals surface area contributed by atoms with Gasteiger partial charge in [-0.2, -0.15) is 0 Å². The molecule has 0 aliphatic carbocycles. The van der Waals surface area contributed by atoms with E-state index in [2.05, 4.69) is 10.1 Å². The number of aliphatic hydroxyl groups excluding tert-OH is 3. The number of carbonyl (C=O) groups is 2. The molecule has 1 aliphatic rings. The van der Waals surface area contributed by atoms with Gasteiger partial charge in [0.25, 0.3) is 0 Å². The topological polar surface area (TPSA) is 144 Å². The average Bonchev–Trinajstić information content (AvgIpc) is 2.67. The summed E-state index contributed by atoms with van der Waals surface area (Å²) in [7, 11) is 1.26. The Morgan fingerprint density at radius 3 is 2.37 bits per heavy atom. The zero-order valence-electron chi connectivity index (χ0n) is 14.9. The lowest BCUT2D eigenvalue weighted by Gasteiger charge is -2.40. The van der Waals surface area contributed by atoms with Gasteiger partial charge in [0.05, 0.1) is 19.3 Å². The lowest BCUT2D eigenvalue weighted by atomic mass is 9.99. The van der Waals surface area contributed by atoms with Crippen molar-refractivity contribution in [3.63, 3.8) is 0 Å². The zero-order chi connectivity index (χ0) is 20.0. The fourth-order valence-electron chi connectivity index (χ4n) is 2.47. The highest BCUT2D eigenvalue weighted by atomic mass is 16.7. The van der Waals surface area contributed by atoms with E-state index in [0.29, 0.717) is 5.56 Å². The van der Waals surface area contributed by atoms with Crippen LogP contribution in [0.1, 0.15) is 17.3 Å². The lowest BCUT2D eigenvalue weighted by Crippen LogP contribution is -2.61. The first-order valence-electron chi connectivity index (χ1n) is 8.32. The molecule has 10 nitrogen and oxygen atoms in total. The Labute approximate surface area is 155 Å². The minimum absolute atomic E-state index is 0.162. The first kappa shape index (κ1) is 20.9. The number of hydrogen-bond donors (Lipinski definition) is 4. The van der Waals surface area contributed by atoms with Gasteiger partial charge in [-0.1, -0.05) is 0 Å². The SMILES string of the molecule is CCOC(=O)NC[C@H]1O[C@H](Oc2ccc(C(=O)OC)cc2)[C@@H](O)[C@@H](O)[C@@H]1O. The highest BCUT2D eigenvalue weighted by molar-refractivity contribution is 5.89. The van der Waals surface area contributed by atoms with Crippen LogP contribution in [-0.4, -0.2) is 78.3 Å². The molecule has 150 valence electrons. The third-order valence-corrected chi connectivity index (χ3v) is 3.92. The first-order chi connectivity index (χ1) is 12.9. The first-order valence-corrected chi connectivity index (χ1v) is 8.32. The summed E-state index contributed by atoms with van der Waals surface area (Å²) in [6.07, 6.45) is -7.56. The fraction of sp³-hybridized carbons (Fsp3) is 0.529. The molecule has 0 saturated carbocycles. The zero-order valence-corrected chi connectivity index (χ0v) is 14.9. The van der Waals surface area contributed by atoms with Gasteiger partial charge in [-0.05, 0) is 31.2 Å². The summed E-state index contributed by atoms with van der Waals surface area (Å²) in [5.41, 5.74) is 0.307. The molecule has 0 radical (unpaired) electrons. The summed E-state index contributed by atoms with van der Waals surface area (Å²) in [5, 5.41) is 32.5. The maximum atomic E-state index is 11.4. The van der Waals surface area contributed by atoms with Crippen molar-refractivity contribution in [3.05, 3.63) is 29.8 Å². The maximum Gasteiger partial charge on any atom is 0.407 e. The Balaban J connectivity index is 2.02. The highest BCUT2D eigenvalue weighted by Crippen LogP contribution is 2.24. The molecule has 1 amide bonds. The molecular weight excluding hydrogens is 362 g/mol. The van der Waals surface area contributed by atoms with Gasteiger partial charge in [0, 0.05) is 6.54 Å². The Kier molecular flexibility index (Phi) is 7.36. The normalized spacial score (nSPS) is 27.5. The lowest BCUT2D eigenvalue weighted by molar-refractivity contribution is -0.270. The fourth-order valence-corrected chi connectivity index (χ4v) is 2.47. The van der Waals surface area contributed by atoms with Crippen LogP contribution in [0, 0.1) is 0 Å². The Morgan fingerprint density at radius 1 is 1.11 bits per heavy atom. The van der Waals surface area contributed by atoms with E-state index in [-0.39, 0.29) is 18.9 Å². The minimum Gasteiger partial charge on any atom is -0.465 e. The van der Waals surface area contributed by atoms with Crippen LogP contribution < -0.4 is 10.1 Å². The number of rotatable bonds is 6. The standard InChI is InChI=1S/C17H23NO9/c1-3-25-17(23)18-8-11-12(19)13(20)14(21)16(27-11)26-10-6-4-9(5-7-10)15(22)24-2/h4-7,11-14,16,19-21H,3,8H2,1-2H3,(H,18,23)/t11-,12-,13+,14+,16+/m1/s1. The number of amides is 1. The molecule has 0 spiro atoms. The average molecular weight is 385 g/mol. The van der Waals surface area contributed by atoms with Crippen LogP contribution >= 0.6 is 0 Å². The number of alkyl carbamates (subject to hydrolysis) is 1. The van der Waals surface area contributed by atoms with Gasteiger partial charge in [0.15, 0.2) is 0 Å². The van der Waals surface area contributed by atoms with E-state index in [1.807, 2.05) is 0 Å². The van der Waals surface area contributed by atoms with Crippen LogP contribution in [0.2, 0.25) is 0 Å². The van der Waals surface area contributed by atoms with Gasteiger partial charge in [-0.25, -0.2) is 9.59 Å². The summed E-state index contributed by atoms with van der Waals surface area (Å²) in [5.74, 6) is -0.258. The van der Waals surface area contributed by atoms with Crippen molar-refractivity contribution in [2.75, 3.05) is 20.3 Å². The molecule has 4 N–H and O–H groups in total. The number of carbonyl (C=O) groups excluding carboxylic acids is 2. The smallest absolute Gasteiger partial charge is 0.407 e. The van der Waals surface area contributed by atoms with E-state index in [1.54, 1.807) is 6.92 Å². The molecule has 5 atom stereocenters. The van der Waals surface area contributed by atoms with Crippen molar-refractivity contribution < 1.29 is 43.9 Å². The molecule has 1 aromatic rings. The third kappa shape index (κ3) is 5.30. The van der Waals surface area contributed by atoms with Crippen LogP contribution in [0.25, 0.3) is 0 Å².